The van der Waals surface area contributed by atoms with Gasteiger partial charge in [-0.15, -0.1) is 11.6 Å². The van der Waals surface area contributed by atoms with E-state index in [1.807, 2.05) is 23.1 Å². The van der Waals surface area contributed by atoms with Crippen LogP contribution >= 0.6 is 11.6 Å². The maximum absolute atomic E-state index is 11.9. The van der Waals surface area contributed by atoms with Crippen molar-refractivity contribution in [1.82, 2.24) is 9.88 Å². The third-order valence-corrected chi connectivity index (χ3v) is 4.05. The molecule has 1 unspecified atom stereocenters. The van der Waals surface area contributed by atoms with E-state index < -0.39 is 0 Å². The minimum atomic E-state index is 0.201. The molecule has 2 heterocycles. The second-order valence-corrected chi connectivity index (χ2v) is 5.29. The second kappa shape index (κ2) is 5.17. The second-order valence-electron chi connectivity index (χ2n) is 4.99. The van der Waals surface area contributed by atoms with E-state index in [2.05, 4.69) is 17.1 Å². The number of carbonyl (C=O) groups excluding carboxylic acids is 1. The van der Waals surface area contributed by atoms with E-state index in [4.69, 9.17) is 11.6 Å². The van der Waals surface area contributed by atoms with E-state index in [9.17, 15) is 4.79 Å². The molecule has 3 nitrogen and oxygen atoms in total. The fraction of sp³-hybridized carbons (Fsp3) is 0.333. The lowest BCUT2D eigenvalue weighted by Gasteiger charge is -2.17. The van der Waals surface area contributed by atoms with Crippen molar-refractivity contribution in [2.24, 2.45) is 5.92 Å². The molecule has 1 aliphatic heterocycles. The Morgan fingerprint density at radius 2 is 2.21 bits per heavy atom. The number of nitrogens with zero attached hydrogens (tertiary/aromatic N) is 2. The molecule has 1 aliphatic rings. The SMILES string of the molecule is O=C1CC(CCl)CN1Cc1cccc2ncccc12. The van der Waals surface area contributed by atoms with E-state index in [-0.39, 0.29) is 5.91 Å². The Morgan fingerprint density at radius 1 is 1.32 bits per heavy atom. The molecule has 0 saturated carbocycles. The molecule has 1 aromatic carbocycles. The number of alkyl halides is 1. The van der Waals surface area contributed by atoms with Crippen LogP contribution in [0, 0.1) is 5.92 Å². The Morgan fingerprint density at radius 3 is 3.00 bits per heavy atom. The normalized spacial score (nSPS) is 19.3. The van der Waals surface area contributed by atoms with Gasteiger partial charge in [-0.05, 0) is 23.6 Å². The molecule has 98 valence electrons. The van der Waals surface area contributed by atoms with Gasteiger partial charge in [0.05, 0.1) is 5.52 Å². The fourth-order valence-corrected chi connectivity index (χ4v) is 2.83. The van der Waals surface area contributed by atoms with E-state index in [0.29, 0.717) is 24.8 Å². The lowest BCUT2D eigenvalue weighted by Crippen LogP contribution is -2.24. The Kier molecular flexibility index (Phi) is 3.38. The van der Waals surface area contributed by atoms with Crippen LogP contribution in [-0.4, -0.2) is 28.2 Å². The highest BCUT2D eigenvalue weighted by Crippen LogP contribution is 2.24. The Labute approximate surface area is 117 Å². The van der Waals surface area contributed by atoms with Gasteiger partial charge in [-0.1, -0.05) is 18.2 Å². The number of aromatic nitrogens is 1. The summed E-state index contributed by atoms with van der Waals surface area (Å²) in [4.78, 5) is 18.2. The van der Waals surface area contributed by atoms with Crippen molar-refractivity contribution in [2.75, 3.05) is 12.4 Å². The number of pyridine rings is 1. The maximum atomic E-state index is 11.9. The third kappa shape index (κ3) is 2.43. The van der Waals surface area contributed by atoms with Crippen LogP contribution in [0.1, 0.15) is 12.0 Å². The third-order valence-electron chi connectivity index (χ3n) is 3.61. The van der Waals surface area contributed by atoms with Crippen molar-refractivity contribution in [3.8, 4) is 0 Å². The van der Waals surface area contributed by atoms with Gasteiger partial charge in [-0.25, -0.2) is 0 Å². The lowest BCUT2D eigenvalue weighted by atomic mass is 10.1. The van der Waals surface area contributed by atoms with Gasteiger partial charge in [0.15, 0.2) is 0 Å². The topological polar surface area (TPSA) is 33.2 Å². The van der Waals surface area contributed by atoms with E-state index in [1.54, 1.807) is 6.20 Å². The number of hydrogen-bond donors (Lipinski definition) is 0. The highest BCUT2D eigenvalue weighted by molar-refractivity contribution is 6.18. The van der Waals surface area contributed by atoms with Crippen molar-refractivity contribution in [2.45, 2.75) is 13.0 Å². The summed E-state index contributed by atoms with van der Waals surface area (Å²) in [5, 5.41) is 1.12. The van der Waals surface area contributed by atoms with Gasteiger partial charge in [0.25, 0.3) is 0 Å². The molecule has 4 heteroatoms. The van der Waals surface area contributed by atoms with Gasteiger partial charge < -0.3 is 4.90 Å². The van der Waals surface area contributed by atoms with Crippen molar-refractivity contribution in [1.29, 1.82) is 0 Å². The predicted octanol–water partition coefficient (Wildman–Crippen LogP) is 2.82. The monoisotopic (exact) mass is 274 g/mol. The van der Waals surface area contributed by atoms with Crippen LogP contribution in [0.25, 0.3) is 10.9 Å². The first kappa shape index (κ1) is 12.4. The number of hydrogen-bond acceptors (Lipinski definition) is 2. The van der Waals surface area contributed by atoms with Crippen LogP contribution in [0.5, 0.6) is 0 Å². The fourth-order valence-electron chi connectivity index (χ4n) is 2.62. The minimum absolute atomic E-state index is 0.201. The smallest absolute Gasteiger partial charge is 0.223 e. The number of rotatable bonds is 3. The molecule has 0 radical (unpaired) electrons. The van der Waals surface area contributed by atoms with Crippen LogP contribution in [0.4, 0.5) is 0 Å². The average molecular weight is 275 g/mol. The Balaban J connectivity index is 1.88. The zero-order valence-corrected chi connectivity index (χ0v) is 11.3. The van der Waals surface area contributed by atoms with Gasteiger partial charge in [-0.2, -0.15) is 0 Å². The van der Waals surface area contributed by atoms with Gasteiger partial charge in [0, 0.05) is 37.0 Å². The van der Waals surface area contributed by atoms with Crippen LogP contribution < -0.4 is 0 Å². The highest BCUT2D eigenvalue weighted by atomic mass is 35.5. The molecule has 2 aromatic rings. The molecular formula is C15H15ClN2O. The van der Waals surface area contributed by atoms with Crippen LogP contribution in [0.3, 0.4) is 0 Å². The molecule has 1 saturated heterocycles. The maximum Gasteiger partial charge on any atom is 0.223 e. The zero-order valence-electron chi connectivity index (χ0n) is 10.6. The summed E-state index contributed by atoms with van der Waals surface area (Å²) in [7, 11) is 0. The summed E-state index contributed by atoms with van der Waals surface area (Å²) in [5.74, 6) is 1.05. The van der Waals surface area contributed by atoms with Crippen molar-refractivity contribution in [3.05, 3.63) is 42.1 Å². The Hall–Kier alpha value is -1.61. The number of benzene rings is 1. The number of likely N-dealkylation sites (tertiary alicyclic amines) is 1. The molecule has 1 aromatic heterocycles. The number of halogens is 1. The molecule has 1 fully saturated rings. The molecule has 0 bridgehead atoms. The zero-order chi connectivity index (χ0) is 13.2. The minimum Gasteiger partial charge on any atom is -0.338 e. The molecule has 1 amide bonds. The van der Waals surface area contributed by atoms with E-state index >= 15 is 0 Å². The molecule has 0 spiro atoms. The molecule has 0 aliphatic carbocycles. The van der Waals surface area contributed by atoms with Crippen LogP contribution in [0.2, 0.25) is 0 Å². The first-order chi connectivity index (χ1) is 9.28. The number of fused-ring (bicyclic) bond motifs is 1. The van der Waals surface area contributed by atoms with Crippen molar-refractivity contribution < 1.29 is 4.79 Å². The van der Waals surface area contributed by atoms with Gasteiger partial charge >= 0.3 is 0 Å². The summed E-state index contributed by atoms with van der Waals surface area (Å²) in [6.07, 6.45) is 2.36. The quantitative estimate of drug-likeness (QED) is 0.807. The summed E-state index contributed by atoms with van der Waals surface area (Å²) in [6, 6.07) is 10.0. The summed E-state index contributed by atoms with van der Waals surface area (Å²) in [5.41, 5.74) is 2.12. The lowest BCUT2D eigenvalue weighted by molar-refractivity contribution is -0.128. The van der Waals surface area contributed by atoms with Gasteiger partial charge in [0.1, 0.15) is 0 Å². The average Bonchev–Trinajstić information content (AvgIpc) is 2.80. The summed E-state index contributed by atoms with van der Waals surface area (Å²) < 4.78 is 0. The van der Waals surface area contributed by atoms with Gasteiger partial charge in [-0.3, -0.25) is 9.78 Å². The standard InChI is InChI=1S/C15H15ClN2O/c16-8-11-7-15(19)18(9-11)10-12-3-1-5-14-13(12)4-2-6-17-14/h1-6,11H,7-10H2. The molecule has 1 atom stereocenters. The molecule has 3 rings (SSSR count). The predicted molar refractivity (Wildman–Crippen MR) is 76.0 cm³/mol. The highest BCUT2D eigenvalue weighted by Gasteiger charge is 2.28. The van der Waals surface area contributed by atoms with E-state index in [0.717, 1.165) is 23.0 Å². The van der Waals surface area contributed by atoms with Crippen LogP contribution in [-0.2, 0) is 11.3 Å². The van der Waals surface area contributed by atoms with Gasteiger partial charge in [0.2, 0.25) is 5.91 Å². The van der Waals surface area contributed by atoms with E-state index in [1.165, 1.54) is 0 Å². The largest absolute Gasteiger partial charge is 0.338 e. The summed E-state index contributed by atoms with van der Waals surface area (Å²) >= 11 is 5.85. The van der Waals surface area contributed by atoms with Crippen molar-refractivity contribution >= 4 is 28.4 Å². The Bertz CT molecular complexity index is 609. The van der Waals surface area contributed by atoms with Crippen LogP contribution in [0.15, 0.2) is 36.5 Å². The molecular weight excluding hydrogens is 260 g/mol. The van der Waals surface area contributed by atoms with Crippen molar-refractivity contribution in [3.63, 3.8) is 0 Å². The molecule has 0 N–H and O–H groups in total. The summed E-state index contributed by atoms with van der Waals surface area (Å²) in [6.45, 7) is 1.41. The first-order valence-electron chi connectivity index (χ1n) is 6.44. The first-order valence-corrected chi connectivity index (χ1v) is 6.97. The number of amides is 1. The molecule has 19 heavy (non-hydrogen) atoms. The number of carbonyl (C=O) groups is 1.